The molecule has 3 aromatic rings. The number of nitrogens with zero attached hydrogens (tertiary/aromatic N) is 2. The predicted octanol–water partition coefficient (Wildman–Crippen LogP) is 4.41. The number of carboxylic acids is 1. The molecule has 104 valence electrons. The first-order valence-electron chi connectivity index (χ1n) is 5.76. The summed E-state index contributed by atoms with van der Waals surface area (Å²) in [5.74, 6) is -1.49. The van der Waals surface area contributed by atoms with Gasteiger partial charge in [-0.05, 0) is 34.1 Å². The number of aromatic hydroxyl groups is 1. The molecular formula is C14H7BrN2O3S. The maximum Gasteiger partial charge on any atom is 0.339 e. The van der Waals surface area contributed by atoms with Gasteiger partial charge in [0.15, 0.2) is 0 Å². The normalized spacial score (nSPS) is 10.7. The van der Waals surface area contributed by atoms with Crippen LogP contribution in [0, 0.1) is 6.57 Å². The summed E-state index contributed by atoms with van der Waals surface area (Å²) in [6, 6.07) is 6.20. The number of halogens is 1. The van der Waals surface area contributed by atoms with E-state index in [-0.39, 0.29) is 11.3 Å². The molecule has 0 aliphatic heterocycles. The number of rotatable bonds is 2. The van der Waals surface area contributed by atoms with E-state index in [0.717, 1.165) is 14.0 Å². The first kappa shape index (κ1) is 13.7. The summed E-state index contributed by atoms with van der Waals surface area (Å²) in [6.45, 7) is 7.22. The average Bonchev–Trinajstić information content (AvgIpc) is 2.95. The summed E-state index contributed by atoms with van der Waals surface area (Å²) < 4.78 is 2.67. The Morgan fingerprint density at radius 2 is 2.14 bits per heavy atom. The lowest BCUT2D eigenvalue weighted by Crippen LogP contribution is -1.98. The van der Waals surface area contributed by atoms with Gasteiger partial charge in [0.1, 0.15) is 11.3 Å². The zero-order chi connectivity index (χ0) is 15.1. The molecule has 1 aromatic carbocycles. The van der Waals surface area contributed by atoms with Crippen LogP contribution in [0.4, 0.5) is 5.69 Å². The van der Waals surface area contributed by atoms with Crippen molar-refractivity contribution in [2.24, 2.45) is 0 Å². The Labute approximate surface area is 131 Å². The van der Waals surface area contributed by atoms with Crippen molar-refractivity contribution in [1.29, 1.82) is 0 Å². The van der Waals surface area contributed by atoms with Gasteiger partial charge < -0.3 is 14.8 Å². The van der Waals surface area contributed by atoms with Crippen LogP contribution in [0.5, 0.6) is 5.75 Å². The number of phenols is 1. The molecule has 2 aromatic heterocycles. The maximum atomic E-state index is 10.9. The standard InChI is InChI=1S/C14H7BrN2O3S/c1-16-10-6-17(13-9(10)5-12(15)21-13)7-2-3-8(14(19)20)11(18)4-7/h2-6,18H,(H,19,20). The number of hydrogen-bond acceptors (Lipinski definition) is 3. The fourth-order valence-corrected chi connectivity index (χ4v) is 3.68. The van der Waals surface area contributed by atoms with Gasteiger partial charge in [-0.3, -0.25) is 0 Å². The zero-order valence-electron chi connectivity index (χ0n) is 10.4. The first-order valence-corrected chi connectivity index (χ1v) is 7.36. The average molecular weight is 363 g/mol. The van der Waals surface area contributed by atoms with Crippen molar-refractivity contribution in [3.8, 4) is 11.4 Å². The van der Waals surface area contributed by atoms with Crippen molar-refractivity contribution >= 4 is 49.1 Å². The second-order valence-corrected chi connectivity index (χ2v) is 6.68. The van der Waals surface area contributed by atoms with Crippen LogP contribution in [0.25, 0.3) is 20.7 Å². The van der Waals surface area contributed by atoms with Gasteiger partial charge in [-0.15, -0.1) is 11.3 Å². The lowest BCUT2D eigenvalue weighted by atomic mass is 10.2. The third-order valence-corrected chi connectivity index (χ3v) is 4.68. The van der Waals surface area contributed by atoms with Crippen LogP contribution in [0.15, 0.2) is 34.2 Å². The molecule has 0 fully saturated rings. The highest BCUT2D eigenvalue weighted by Gasteiger charge is 2.15. The quantitative estimate of drug-likeness (QED) is 0.663. The maximum absolute atomic E-state index is 10.9. The smallest absolute Gasteiger partial charge is 0.339 e. The number of hydrogen-bond donors (Lipinski definition) is 2. The van der Waals surface area contributed by atoms with Gasteiger partial charge in [-0.25, -0.2) is 9.64 Å². The van der Waals surface area contributed by atoms with E-state index in [9.17, 15) is 9.90 Å². The van der Waals surface area contributed by atoms with Gasteiger partial charge in [0.2, 0.25) is 5.69 Å². The number of aromatic nitrogens is 1. The summed E-state index contributed by atoms with van der Waals surface area (Å²) in [5.41, 5.74) is 0.959. The lowest BCUT2D eigenvalue weighted by molar-refractivity contribution is 0.0694. The van der Waals surface area contributed by atoms with E-state index >= 15 is 0 Å². The molecule has 2 N–H and O–H groups in total. The molecule has 0 atom stereocenters. The number of carboxylic acid groups (broad SMARTS) is 1. The van der Waals surface area contributed by atoms with Crippen molar-refractivity contribution in [1.82, 2.24) is 4.57 Å². The Balaban J connectivity index is 2.23. The summed E-state index contributed by atoms with van der Waals surface area (Å²) in [4.78, 5) is 15.3. The summed E-state index contributed by atoms with van der Waals surface area (Å²) in [5, 5.41) is 19.6. The van der Waals surface area contributed by atoms with Crippen LogP contribution in [0.2, 0.25) is 0 Å². The van der Waals surface area contributed by atoms with Crippen molar-refractivity contribution in [2.45, 2.75) is 0 Å². The van der Waals surface area contributed by atoms with E-state index in [1.54, 1.807) is 16.8 Å². The second kappa shape index (κ2) is 4.91. The number of benzene rings is 1. The Hall–Kier alpha value is -2.30. The number of thiophene rings is 1. The molecular weight excluding hydrogens is 356 g/mol. The monoisotopic (exact) mass is 362 g/mol. The van der Waals surface area contributed by atoms with Crippen molar-refractivity contribution < 1.29 is 15.0 Å². The Morgan fingerprint density at radius 1 is 1.38 bits per heavy atom. The summed E-state index contributed by atoms with van der Waals surface area (Å²) >= 11 is 4.86. The Kier molecular flexibility index (Phi) is 3.20. The number of carbonyl (C=O) groups is 1. The van der Waals surface area contributed by atoms with Crippen LogP contribution in [0.1, 0.15) is 10.4 Å². The summed E-state index contributed by atoms with van der Waals surface area (Å²) in [6.07, 6.45) is 1.68. The molecule has 0 spiro atoms. The highest BCUT2D eigenvalue weighted by Crippen LogP contribution is 2.39. The van der Waals surface area contributed by atoms with Gasteiger partial charge in [0, 0.05) is 23.3 Å². The van der Waals surface area contributed by atoms with Gasteiger partial charge in [0.25, 0.3) is 0 Å². The van der Waals surface area contributed by atoms with Crippen LogP contribution < -0.4 is 0 Å². The minimum atomic E-state index is -1.18. The molecule has 21 heavy (non-hydrogen) atoms. The summed E-state index contributed by atoms with van der Waals surface area (Å²) in [7, 11) is 0. The minimum absolute atomic E-state index is 0.153. The van der Waals surface area contributed by atoms with E-state index in [1.165, 1.54) is 23.5 Å². The fourth-order valence-electron chi connectivity index (χ4n) is 2.10. The predicted molar refractivity (Wildman–Crippen MR) is 83.7 cm³/mol. The number of aromatic carboxylic acids is 1. The molecule has 0 saturated heterocycles. The van der Waals surface area contributed by atoms with E-state index in [1.807, 2.05) is 6.07 Å². The third-order valence-electron chi connectivity index (χ3n) is 3.04. The van der Waals surface area contributed by atoms with Crippen LogP contribution in [-0.2, 0) is 0 Å². The minimum Gasteiger partial charge on any atom is -0.507 e. The Bertz CT molecular complexity index is 920. The van der Waals surface area contributed by atoms with Crippen molar-refractivity contribution in [2.75, 3.05) is 0 Å². The van der Waals surface area contributed by atoms with Crippen LogP contribution in [-0.4, -0.2) is 20.7 Å². The SMILES string of the molecule is [C-]#[N+]c1cn(-c2ccc(C(=O)O)c(O)c2)c2sc(Br)cc12. The molecule has 0 radical (unpaired) electrons. The molecule has 2 heterocycles. The van der Waals surface area contributed by atoms with Gasteiger partial charge in [-0.2, -0.15) is 0 Å². The van der Waals surface area contributed by atoms with Gasteiger partial charge in [0.05, 0.1) is 15.2 Å². The third kappa shape index (κ3) is 2.18. The van der Waals surface area contributed by atoms with Crippen LogP contribution in [0.3, 0.4) is 0 Å². The molecule has 0 aliphatic carbocycles. The fraction of sp³-hybridized carbons (Fsp3) is 0. The number of fused-ring (bicyclic) bond motifs is 1. The molecule has 0 bridgehead atoms. The van der Waals surface area contributed by atoms with E-state index in [4.69, 9.17) is 11.7 Å². The van der Waals surface area contributed by atoms with Crippen LogP contribution >= 0.6 is 27.3 Å². The van der Waals surface area contributed by atoms with E-state index in [0.29, 0.717) is 11.4 Å². The molecule has 0 saturated carbocycles. The highest BCUT2D eigenvalue weighted by atomic mass is 79.9. The highest BCUT2D eigenvalue weighted by molar-refractivity contribution is 9.11. The zero-order valence-corrected chi connectivity index (χ0v) is 12.8. The van der Waals surface area contributed by atoms with Gasteiger partial charge >= 0.3 is 5.97 Å². The van der Waals surface area contributed by atoms with E-state index in [2.05, 4.69) is 20.8 Å². The molecule has 0 aliphatic rings. The lowest BCUT2D eigenvalue weighted by Gasteiger charge is -2.06. The Morgan fingerprint density at radius 3 is 2.76 bits per heavy atom. The second-order valence-electron chi connectivity index (χ2n) is 4.27. The topological polar surface area (TPSA) is 66.8 Å². The first-order chi connectivity index (χ1) is 10.0. The molecule has 7 heteroatoms. The van der Waals surface area contributed by atoms with Gasteiger partial charge in [-0.1, -0.05) is 0 Å². The molecule has 3 rings (SSSR count). The molecule has 0 unspecified atom stereocenters. The largest absolute Gasteiger partial charge is 0.507 e. The van der Waals surface area contributed by atoms with E-state index < -0.39 is 5.97 Å². The van der Waals surface area contributed by atoms with Crippen molar-refractivity contribution in [3.63, 3.8) is 0 Å². The molecule has 0 amide bonds. The van der Waals surface area contributed by atoms with Crippen molar-refractivity contribution in [3.05, 3.63) is 51.2 Å². The molecule has 5 nitrogen and oxygen atoms in total.